The summed E-state index contributed by atoms with van der Waals surface area (Å²) in [7, 11) is 4.74. The largest absolute Gasteiger partial charge is 0.493 e. The smallest absolute Gasteiger partial charge is 0.203 e. The second-order valence-corrected chi connectivity index (χ2v) is 7.86. The number of ether oxygens (including phenoxy) is 3. The number of allylic oxidation sites excluding steroid dienone is 3. The molecule has 0 spiro atoms. The van der Waals surface area contributed by atoms with Crippen LogP contribution >= 0.6 is 11.3 Å². The molecular formula is C24H31NO4S. The van der Waals surface area contributed by atoms with Crippen molar-refractivity contribution >= 4 is 17.6 Å². The molecule has 6 heteroatoms. The van der Waals surface area contributed by atoms with Gasteiger partial charge in [0.2, 0.25) is 5.75 Å². The number of hydrogen-bond acceptors (Lipinski definition) is 6. The number of rotatable bonds is 12. The summed E-state index contributed by atoms with van der Waals surface area (Å²) in [6.45, 7) is 4.85. The van der Waals surface area contributed by atoms with Crippen molar-refractivity contribution in [1.29, 1.82) is 0 Å². The average Bonchev–Trinajstić information content (AvgIpc) is 3.31. The summed E-state index contributed by atoms with van der Waals surface area (Å²) in [6.07, 6.45) is 9.95. The van der Waals surface area contributed by atoms with Crippen molar-refractivity contribution in [3.63, 3.8) is 0 Å². The second-order valence-electron chi connectivity index (χ2n) is 6.89. The van der Waals surface area contributed by atoms with Gasteiger partial charge in [0.25, 0.3) is 0 Å². The first-order valence-electron chi connectivity index (χ1n) is 9.90. The maximum atomic E-state index is 5.33. The minimum atomic E-state index is 0.399. The van der Waals surface area contributed by atoms with Gasteiger partial charge < -0.3 is 19.0 Å². The van der Waals surface area contributed by atoms with Gasteiger partial charge in [0, 0.05) is 10.4 Å². The lowest BCUT2D eigenvalue weighted by atomic mass is 10.0. The van der Waals surface area contributed by atoms with E-state index in [1.165, 1.54) is 10.5 Å². The Morgan fingerprint density at radius 3 is 2.47 bits per heavy atom. The van der Waals surface area contributed by atoms with E-state index in [2.05, 4.69) is 42.6 Å². The van der Waals surface area contributed by atoms with E-state index in [0.29, 0.717) is 29.8 Å². The van der Waals surface area contributed by atoms with E-state index in [1.807, 2.05) is 35.6 Å². The second kappa shape index (κ2) is 12.8. The lowest BCUT2D eigenvalue weighted by molar-refractivity contribution is 0.176. The minimum Gasteiger partial charge on any atom is -0.493 e. The molecule has 0 aliphatic carbocycles. The fourth-order valence-electron chi connectivity index (χ4n) is 2.89. The maximum Gasteiger partial charge on any atom is 0.203 e. The normalized spacial score (nSPS) is 13.0. The lowest BCUT2D eigenvalue weighted by Gasteiger charge is -2.12. The molecule has 5 nitrogen and oxygen atoms in total. The number of oxime groups is 1. The van der Waals surface area contributed by atoms with E-state index in [-0.39, 0.29) is 0 Å². The highest BCUT2D eigenvalue weighted by atomic mass is 32.1. The molecule has 1 unspecified atom stereocenters. The number of thiophene rings is 1. The molecule has 1 aromatic heterocycles. The Balaban J connectivity index is 1.78. The highest BCUT2D eigenvalue weighted by molar-refractivity contribution is 7.10. The molecule has 0 fully saturated rings. The molecule has 1 heterocycles. The Hall–Kier alpha value is -2.73. The summed E-state index contributed by atoms with van der Waals surface area (Å²) >= 11 is 1.83. The molecule has 0 aliphatic heterocycles. The zero-order chi connectivity index (χ0) is 21.8. The number of hydrogen-bond donors (Lipinski definition) is 0. The Morgan fingerprint density at radius 1 is 1.13 bits per heavy atom. The molecular weight excluding hydrogens is 398 g/mol. The summed E-state index contributed by atoms with van der Waals surface area (Å²) in [6, 6.07) is 7.96. The quantitative estimate of drug-likeness (QED) is 0.174. The van der Waals surface area contributed by atoms with Gasteiger partial charge in [0.05, 0.1) is 27.5 Å². The van der Waals surface area contributed by atoms with E-state index in [9.17, 15) is 0 Å². The zero-order valence-electron chi connectivity index (χ0n) is 18.4. The van der Waals surface area contributed by atoms with Gasteiger partial charge in [-0.05, 0) is 55.3 Å². The van der Waals surface area contributed by atoms with Gasteiger partial charge in [-0.3, -0.25) is 0 Å². The van der Waals surface area contributed by atoms with Gasteiger partial charge in [-0.15, -0.1) is 11.3 Å². The minimum absolute atomic E-state index is 0.399. The van der Waals surface area contributed by atoms with Crippen LogP contribution in [-0.4, -0.2) is 34.2 Å². The summed E-state index contributed by atoms with van der Waals surface area (Å²) < 4.78 is 16.0. The van der Waals surface area contributed by atoms with Crippen molar-refractivity contribution in [1.82, 2.24) is 0 Å². The fourth-order valence-corrected chi connectivity index (χ4v) is 3.71. The Labute approximate surface area is 183 Å². The molecule has 1 aromatic carbocycles. The first kappa shape index (κ1) is 23.5. The van der Waals surface area contributed by atoms with Crippen LogP contribution in [0.4, 0.5) is 0 Å². The third kappa shape index (κ3) is 7.26. The van der Waals surface area contributed by atoms with Crippen molar-refractivity contribution in [2.24, 2.45) is 5.16 Å². The zero-order valence-corrected chi connectivity index (χ0v) is 19.2. The van der Waals surface area contributed by atoms with E-state index in [4.69, 9.17) is 19.0 Å². The van der Waals surface area contributed by atoms with Crippen LogP contribution in [0.2, 0.25) is 0 Å². The molecule has 0 amide bonds. The molecule has 1 atom stereocenters. The van der Waals surface area contributed by atoms with Crippen molar-refractivity contribution in [2.45, 2.75) is 32.6 Å². The maximum absolute atomic E-state index is 5.33. The van der Waals surface area contributed by atoms with Crippen LogP contribution in [0.25, 0.3) is 0 Å². The van der Waals surface area contributed by atoms with Gasteiger partial charge in [0.15, 0.2) is 11.5 Å². The van der Waals surface area contributed by atoms with Gasteiger partial charge >= 0.3 is 0 Å². The Morgan fingerprint density at radius 2 is 1.87 bits per heavy atom. The number of nitrogens with zero attached hydrogens (tertiary/aromatic N) is 1. The van der Waals surface area contributed by atoms with E-state index in [0.717, 1.165) is 18.4 Å². The molecule has 0 aliphatic rings. The van der Waals surface area contributed by atoms with Crippen molar-refractivity contribution < 1.29 is 19.0 Å². The third-order valence-electron chi connectivity index (χ3n) is 4.65. The Kier molecular flexibility index (Phi) is 10.0. The molecule has 162 valence electrons. The molecule has 0 saturated carbocycles. The summed E-state index contributed by atoms with van der Waals surface area (Å²) in [5, 5.41) is 6.15. The first-order chi connectivity index (χ1) is 14.6. The van der Waals surface area contributed by atoms with Crippen molar-refractivity contribution in [3.8, 4) is 17.2 Å². The first-order valence-corrected chi connectivity index (χ1v) is 10.8. The number of benzene rings is 1. The molecule has 30 heavy (non-hydrogen) atoms. The van der Waals surface area contributed by atoms with Gasteiger partial charge in [-0.2, -0.15) is 0 Å². The lowest BCUT2D eigenvalue weighted by Crippen LogP contribution is -1.97. The molecule has 0 radical (unpaired) electrons. The molecule has 0 bridgehead atoms. The molecule has 0 saturated heterocycles. The fraction of sp³-hybridized carbons (Fsp3) is 0.375. The van der Waals surface area contributed by atoms with Crippen LogP contribution in [0.1, 0.15) is 43.0 Å². The van der Waals surface area contributed by atoms with Crippen molar-refractivity contribution in [3.05, 3.63) is 63.9 Å². The van der Waals surface area contributed by atoms with Crippen LogP contribution in [0.3, 0.4) is 0 Å². The third-order valence-corrected chi connectivity index (χ3v) is 5.76. The van der Waals surface area contributed by atoms with Crippen LogP contribution in [0.15, 0.2) is 58.6 Å². The van der Waals surface area contributed by atoms with Crippen LogP contribution in [0, 0.1) is 0 Å². The van der Waals surface area contributed by atoms with Crippen LogP contribution in [0.5, 0.6) is 17.2 Å². The summed E-state index contributed by atoms with van der Waals surface area (Å²) in [5.74, 6) is 2.30. The SMILES string of the molecule is COc1cc(/C=N/OC/C=C/C=C(\C)CCC(C)c2cccs2)cc(OC)c1OC. The molecule has 2 aromatic rings. The number of methoxy groups -OCH3 is 3. The molecule has 2 rings (SSSR count). The van der Waals surface area contributed by atoms with Crippen LogP contribution in [-0.2, 0) is 4.84 Å². The Bertz CT molecular complexity index is 831. The van der Waals surface area contributed by atoms with Crippen LogP contribution < -0.4 is 14.2 Å². The molecule has 0 N–H and O–H groups in total. The predicted molar refractivity (Wildman–Crippen MR) is 125 cm³/mol. The summed E-state index contributed by atoms with van der Waals surface area (Å²) in [5.41, 5.74) is 2.15. The predicted octanol–water partition coefficient (Wildman–Crippen LogP) is 6.21. The van der Waals surface area contributed by atoms with E-state index < -0.39 is 0 Å². The van der Waals surface area contributed by atoms with Gasteiger partial charge in [-0.1, -0.05) is 35.9 Å². The standard InChI is InChI=1S/C24H31NO4S/c1-18(11-12-19(2)23-10-8-14-30-23)9-6-7-13-29-25-17-20-15-21(26-3)24(28-5)22(16-20)27-4/h6-10,14-17,19H,11-13H2,1-5H3/b7-6+,18-9+,25-17+. The van der Waals surface area contributed by atoms with Gasteiger partial charge in [0.1, 0.15) is 6.61 Å². The van der Waals surface area contributed by atoms with E-state index in [1.54, 1.807) is 27.5 Å². The topological polar surface area (TPSA) is 49.3 Å². The monoisotopic (exact) mass is 429 g/mol. The van der Waals surface area contributed by atoms with E-state index >= 15 is 0 Å². The van der Waals surface area contributed by atoms with Gasteiger partial charge in [-0.25, -0.2) is 0 Å². The summed E-state index contributed by atoms with van der Waals surface area (Å²) in [4.78, 5) is 6.77. The highest BCUT2D eigenvalue weighted by Gasteiger charge is 2.12. The van der Waals surface area contributed by atoms with Crippen molar-refractivity contribution in [2.75, 3.05) is 27.9 Å². The average molecular weight is 430 g/mol. The highest BCUT2D eigenvalue weighted by Crippen LogP contribution is 2.37.